The first kappa shape index (κ1) is 20.8. The number of pyridine rings is 1. The molecule has 5 rings (SSSR count). The molecule has 6 nitrogen and oxygen atoms in total. The van der Waals surface area contributed by atoms with Crippen LogP contribution in [0.25, 0.3) is 33.3 Å². The van der Waals surface area contributed by atoms with Crippen LogP contribution in [0.5, 0.6) is 0 Å². The normalized spacial score (nSPS) is 16.8. The average molecular weight is 440 g/mol. The predicted molar refractivity (Wildman–Crippen MR) is 119 cm³/mol. The average Bonchev–Trinajstić information content (AvgIpc) is 3.47. The zero-order valence-electron chi connectivity index (χ0n) is 18.6. The number of fused-ring (bicyclic) bond motifs is 1. The SMILES string of the molecule is CCn1cc(-c2cn(CC3CCC(F)(F)CC3)c3cc(-c4c(C)noc4C)cnc23)cn1. The van der Waals surface area contributed by atoms with Crippen molar-refractivity contribution in [2.24, 2.45) is 5.92 Å². The third kappa shape index (κ3) is 3.72. The van der Waals surface area contributed by atoms with Gasteiger partial charge < -0.3 is 9.09 Å². The van der Waals surface area contributed by atoms with Crippen molar-refractivity contribution in [2.45, 2.75) is 65.5 Å². The maximum atomic E-state index is 13.7. The molecule has 0 amide bonds. The molecule has 0 unspecified atom stereocenters. The first-order valence-corrected chi connectivity index (χ1v) is 11.2. The van der Waals surface area contributed by atoms with E-state index >= 15 is 0 Å². The minimum absolute atomic E-state index is 0.0322. The molecule has 1 saturated carbocycles. The summed E-state index contributed by atoms with van der Waals surface area (Å²) in [6.07, 6.45) is 8.83. The lowest BCUT2D eigenvalue weighted by molar-refractivity contribution is -0.0472. The lowest BCUT2D eigenvalue weighted by atomic mass is 9.87. The van der Waals surface area contributed by atoms with E-state index < -0.39 is 5.92 Å². The van der Waals surface area contributed by atoms with Crippen LogP contribution in [0.4, 0.5) is 8.78 Å². The van der Waals surface area contributed by atoms with Crippen LogP contribution in [-0.2, 0) is 13.1 Å². The van der Waals surface area contributed by atoms with Gasteiger partial charge in [-0.1, -0.05) is 5.16 Å². The van der Waals surface area contributed by atoms with Crippen molar-refractivity contribution in [1.82, 2.24) is 24.5 Å². The number of alkyl halides is 2. The van der Waals surface area contributed by atoms with Gasteiger partial charge in [-0.05, 0) is 45.6 Å². The molecule has 4 aromatic heterocycles. The van der Waals surface area contributed by atoms with E-state index in [1.807, 2.05) is 44.0 Å². The van der Waals surface area contributed by atoms with Crippen molar-refractivity contribution >= 4 is 11.0 Å². The summed E-state index contributed by atoms with van der Waals surface area (Å²) in [5, 5.41) is 8.49. The van der Waals surface area contributed by atoms with Gasteiger partial charge in [0.05, 0.1) is 22.9 Å². The highest BCUT2D eigenvalue weighted by Crippen LogP contribution is 2.39. The van der Waals surface area contributed by atoms with E-state index in [9.17, 15) is 8.78 Å². The summed E-state index contributed by atoms with van der Waals surface area (Å²) in [4.78, 5) is 4.82. The summed E-state index contributed by atoms with van der Waals surface area (Å²) in [5.74, 6) is -1.55. The van der Waals surface area contributed by atoms with Crippen LogP contribution >= 0.6 is 0 Å². The summed E-state index contributed by atoms with van der Waals surface area (Å²) < 4.78 is 36.8. The summed E-state index contributed by atoms with van der Waals surface area (Å²) in [5.41, 5.74) is 6.59. The number of aromatic nitrogens is 5. The van der Waals surface area contributed by atoms with Crippen LogP contribution in [0.15, 0.2) is 35.4 Å². The van der Waals surface area contributed by atoms with Crippen LogP contribution in [-0.4, -0.2) is 30.4 Å². The zero-order valence-corrected chi connectivity index (χ0v) is 18.6. The van der Waals surface area contributed by atoms with Gasteiger partial charge >= 0.3 is 0 Å². The smallest absolute Gasteiger partial charge is 0.248 e. The largest absolute Gasteiger partial charge is 0.361 e. The van der Waals surface area contributed by atoms with Gasteiger partial charge in [-0.15, -0.1) is 0 Å². The molecule has 168 valence electrons. The fourth-order valence-electron chi connectivity index (χ4n) is 4.80. The Labute approximate surface area is 185 Å². The fraction of sp³-hybridized carbons (Fsp3) is 0.458. The van der Waals surface area contributed by atoms with E-state index in [4.69, 9.17) is 9.51 Å². The van der Waals surface area contributed by atoms with E-state index in [0.29, 0.717) is 19.4 Å². The second kappa shape index (κ2) is 7.83. The number of aryl methyl sites for hydroxylation is 3. The number of halogens is 2. The summed E-state index contributed by atoms with van der Waals surface area (Å²) in [6.45, 7) is 7.35. The Bertz CT molecular complexity index is 1240. The molecule has 8 heteroatoms. The van der Waals surface area contributed by atoms with Gasteiger partial charge in [0.15, 0.2) is 0 Å². The molecule has 0 aliphatic heterocycles. The topological polar surface area (TPSA) is 61.7 Å². The molecule has 0 radical (unpaired) electrons. The van der Waals surface area contributed by atoms with E-state index in [1.54, 1.807) is 0 Å². The Balaban J connectivity index is 1.59. The van der Waals surface area contributed by atoms with Crippen LogP contribution in [0.3, 0.4) is 0 Å². The van der Waals surface area contributed by atoms with Gasteiger partial charge in [0.1, 0.15) is 5.76 Å². The van der Waals surface area contributed by atoms with Gasteiger partial charge in [-0.2, -0.15) is 5.10 Å². The highest BCUT2D eigenvalue weighted by molar-refractivity contribution is 5.94. The molecule has 1 fully saturated rings. The first-order chi connectivity index (χ1) is 15.3. The fourth-order valence-corrected chi connectivity index (χ4v) is 4.80. The second-order valence-corrected chi connectivity index (χ2v) is 8.87. The minimum atomic E-state index is -2.52. The lowest BCUT2D eigenvalue weighted by Crippen LogP contribution is -2.26. The molecular weight excluding hydrogens is 412 g/mol. The monoisotopic (exact) mass is 439 g/mol. The molecule has 1 aliphatic carbocycles. The van der Waals surface area contributed by atoms with Crippen LogP contribution in [0.2, 0.25) is 0 Å². The highest BCUT2D eigenvalue weighted by Gasteiger charge is 2.35. The molecule has 4 heterocycles. The Morgan fingerprint density at radius 2 is 1.91 bits per heavy atom. The molecular formula is C24H27F2N5O. The van der Waals surface area contributed by atoms with E-state index in [0.717, 1.165) is 51.3 Å². The van der Waals surface area contributed by atoms with Crippen molar-refractivity contribution in [3.63, 3.8) is 0 Å². The van der Waals surface area contributed by atoms with Crippen molar-refractivity contribution in [1.29, 1.82) is 0 Å². The van der Waals surface area contributed by atoms with Gasteiger partial charge in [-0.25, -0.2) is 8.78 Å². The van der Waals surface area contributed by atoms with Crippen molar-refractivity contribution in [3.05, 3.63) is 42.3 Å². The molecule has 1 aliphatic rings. The van der Waals surface area contributed by atoms with E-state index in [2.05, 4.69) is 27.1 Å². The zero-order chi connectivity index (χ0) is 22.5. The number of nitrogens with zero attached hydrogens (tertiary/aromatic N) is 5. The summed E-state index contributed by atoms with van der Waals surface area (Å²) in [7, 11) is 0. The van der Waals surface area contributed by atoms with Crippen LogP contribution < -0.4 is 0 Å². The Hall–Kier alpha value is -3.03. The highest BCUT2D eigenvalue weighted by atomic mass is 19.3. The van der Waals surface area contributed by atoms with Gasteiger partial charge in [0.2, 0.25) is 5.92 Å². The predicted octanol–water partition coefficient (Wildman–Crippen LogP) is 6.02. The quantitative estimate of drug-likeness (QED) is 0.382. The molecule has 32 heavy (non-hydrogen) atoms. The molecule has 4 aromatic rings. The van der Waals surface area contributed by atoms with Gasteiger partial charge in [-0.3, -0.25) is 9.67 Å². The maximum Gasteiger partial charge on any atom is 0.248 e. The summed E-state index contributed by atoms with van der Waals surface area (Å²) in [6, 6.07) is 2.11. The third-order valence-electron chi connectivity index (χ3n) is 6.60. The molecule has 0 aromatic carbocycles. The molecule has 0 saturated heterocycles. The second-order valence-electron chi connectivity index (χ2n) is 8.87. The van der Waals surface area contributed by atoms with Crippen molar-refractivity contribution < 1.29 is 13.3 Å². The van der Waals surface area contributed by atoms with Crippen molar-refractivity contribution in [3.8, 4) is 22.3 Å². The summed E-state index contributed by atoms with van der Waals surface area (Å²) >= 11 is 0. The van der Waals surface area contributed by atoms with E-state index in [1.165, 1.54) is 0 Å². The molecule has 0 N–H and O–H groups in total. The lowest BCUT2D eigenvalue weighted by Gasteiger charge is -2.28. The Kier molecular flexibility index (Phi) is 5.10. The Morgan fingerprint density at radius 1 is 1.12 bits per heavy atom. The number of rotatable bonds is 5. The van der Waals surface area contributed by atoms with Gasteiger partial charge in [0.25, 0.3) is 0 Å². The maximum absolute atomic E-state index is 13.7. The third-order valence-corrected chi connectivity index (χ3v) is 6.60. The van der Waals surface area contributed by atoms with Crippen LogP contribution in [0.1, 0.15) is 44.1 Å². The Morgan fingerprint density at radius 3 is 2.56 bits per heavy atom. The minimum Gasteiger partial charge on any atom is -0.361 e. The van der Waals surface area contributed by atoms with E-state index in [-0.39, 0.29) is 18.8 Å². The molecule has 0 bridgehead atoms. The molecule has 0 atom stereocenters. The van der Waals surface area contributed by atoms with Crippen LogP contribution in [0, 0.1) is 19.8 Å². The molecule has 0 spiro atoms. The number of hydrogen-bond donors (Lipinski definition) is 0. The standard InChI is InChI=1S/C24H27F2N5O/c1-4-31-13-19(11-28-31)20-14-30(12-17-5-7-24(25,26)8-6-17)21-9-18(10-27-23(20)21)22-15(2)29-32-16(22)3/h9-11,13-14,17H,4-8,12H2,1-3H3. The van der Waals surface area contributed by atoms with Crippen molar-refractivity contribution in [2.75, 3.05) is 0 Å². The van der Waals surface area contributed by atoms with Gasteiger partial charge in [0, 0.05) is 66.8 Å². The first-order valence-electron chi connectivity index (χ1n) is 11.2. The number of hydrogen-bond acceptors (Lipinski definition) is 4.